The summed E-state index contributed by atoms with van der Waals surface area (Å²) < 4.78 is 5.94. The van der Waals surface area contributed by atoms with Gasteiger partial charge in [0.1, 0.15) is 5.78 Å². The second kappa shape index (κ2) is 17.6. The molecule has 0 aliphatic heterocycles. The molecule has 0 fully saturated rings. The number of ether oxygens (including phenoxy) is 1. The molecule has 0 radical (unpaired) electrons. The number of carbonyl (C=O) groups excluding carboxylic acids is 4. The first-order valence-corrected chi connectivity index (χ1v) is 13.1. The van der Waals surface area contributed by atoms with Crippen LogP contribution < -0.4 is 10.6 Å². The average molecular weight is 483 g/mol. The summed E-state index contributed by atoms with van der Waals surface area (Å²) in [6.07, 6.45) is 5.79. The van der Waals surface area contributed by atoms with Crippen molar-refractivity contribution in [1.82, 2.24) is 10.6 Å². The number of carbonyl (C=O) groups is 4. The van der Waals surface area contributed by atoms with Gasteiger partial charge in [-0.05, 0) is 58.3 Å². The summed E-state index contributed by atoms with van der Waals surface area (Å²) in [5.41, 5.74) is -0.383. The van der Waals surface area contributed by atoms with E-state index in [0.717, 1.165) is 19.3 Å². The predicted octanol–water partition coefficient (Wildman–Crippen LogP) is 4.75. The highest BCUT2D eigenvalue weighted by Crippen LogP contribution is 2.18. The lowest BCUT2D eigenvalue weighted by molar-refractivity contribution is -0.130. The lowest BCUT2D eigenvalue weighted by Gasteiger charge is -2.26. The molecule has 1 unspecified atom stereocenters. The first kappa shape index (κ1) is 32.2. The zero-order valence-corrected chi connectivity index (χ0v) is 22.8. The van der Waals surface area contributed by atoms with Crippen molar-refractivity contribution in [2.24, 2.45) is 11.8 Å². The van der Waals surface area contributed by atoms with Crippen molar-refractivity contribution in [1.29, 1.82) is 0 Å². The highest BCUT2D eigenvalue weighted by Gasteiger charge is 2.25. The second-order valence-corrected chi connectivity index (χ2v) is 10.6. The van der Waals surface area contributed by atoms with Crippen molar-refractivity contribution >= 4 is 23.4 Å². The molecule has 0 spiro atoms. The Morgan fingerprint density at radius 2 is 1.53 bits per heavy atom. The Labute approximate surface area is 207 Å². The number of hydrogen-bond donors (Lipinski definition) is 2. The van der Waals surface area contributed by atoms with Crippen LogP contribution in [0.25, 0.3) is 0 Å². The van der Waals surface area contributed by atoms with Crippen molar-refractivity contribution in [3.05, 3.63) is 0 Å². The van der Waals surface area contributed by atoms with Gasteiger partial charge in [-0.3, -0.25) is 19.2 Å². The topological polar surface area (TPSA) is 102 Å². The van der Waals surface area contributed by atoms with Crippen LogP contribution in [0, 0.1) is 11.8 Å². The van der Waals surface area contributed by atoms with Gasteiger partial charge in [0.15, 0.2) is 5.78 Å². The van der Waals surface area contributed by atoms with Crippen LogP contribution in [0.15, 0.2) is 0 Å². The highest BCUT2D eigenvalue weighted by molar-refractivity contribution is 5.90. The molecule has 0 bridgehead atoms. The van der Waals surface area contributed by atoms with Gasteiger partial charge in [0.05, 0.1) is 11.6 Å². The van der Waals surface area contributed by atoms with E-state index in [0.29, 0.717) is 64.0 Å². The monoisotopic (exact) mass is 482 g/mol. The largest absolute Gasteiger partial charge is 0.376 e. The zero-order valence-electron chi connectivity index (χ0n) is 22.8. The van der Waals surface area contributed by atoms with E-state index in [9.17, 15) is 19.2 Å². The van der Waals surface area contributed by atoms with Crippen LogP contribution in [-0.2, 0) is 23.9 Å². The van der Waals surface area contributed by atoms with E-state index in [-0.39, 0.29) is 34.9 Å². The van der Waals surface area contributed by atoms with E-state index < -0.39 is 6.04 Å². The average Bonchev–Trinajstić information content (AvgIpc) is 2.75. The van der Waals surface area contributed by atoms with E-state index in [2.05, 4.69) is 24.5 Å². The maximum Gasteiger partial charge on any atom is 0.220 e. The molecule has 0 rings (SSSR count). The molecule has 1 atom stereocenters. The van der Waals surface area contributed by atoms with E-state index in [1.165, 1.54) is 0 Å². The maximum atomic E-state index is 12.6. The Morgan fingerprint density at radius 1 is 0.853 bits per heavy atom. The Bertz CT molecular complexity index is 629. The standard InChI is InChI=1S/C27H50N2O5/c1-8-22(30)12-11-14-24(31)28-18-10-9-13-23(26(33)21(4)5)29-25(32)15-17-27(6,7)34-19-16-20(2)3/h20-21,23H,8-19H2,1-7H3,(H,28,31)(H,29,32). The normalized spacial score (nSPS) is 12.6. The number of nitrogens with one attached hydrogen (secondary N) is 2. The van der Waals surface area contributed by atoms with Gasteiger partial charge in [0.25, 0.3) is 0 Å². The molecule has 0 heterocycles. The summed E-state index contributed by atoms with van der Waals surface area (Å²) in [4.78, 5) is 48.3. The molecule has 0 aromatic heterocycles. The van der Waals surface area contributed by atoms with Crippen LogP contribution in [0.3, 0.4) is 0 Å². The molecule has 0 saturated carbocycles. The van der Waals surface area contributed by atoms with E-state index >= 15 is 0 Å². The van der Waals surface area contributed by atoms with Crippen molar-refractivity contribution < 1.29 is 23.9 Å². The molecule has 34 heavy (non-hydrogen) atoms. The summed E-state index contributed by atoms with van der Waals surface area (Å²) in [7, 11) is 0. The molecule has 2 N–H and O–H groups in total. The van der Waals surface area contributed by atoms with Crippen molar-refractivity contribution in [2.75, 3.05) is 13.2 Å². The quantitative estimate of drug-likeness (QED) is 0.244. The summed E-state index contributed by atoms with van der Waals surface area (Å²) in [6, 6.07) is -0.506. The van der Waals surface area contributed by atoms with E-state index in [1.54, 1.807) is 0 Å². The van der Waals surface area contributed by atoms with Crippen LogP contribution >= 0.6 is 0 Å². The molecule has 2 amide bonds. The molecule has 0 aliphatic carbocycles. The van der Waals surface area contributed by atoms with Gasteiger partial charge in [0.2, 0.25) is 11.8 Å². The van der Waals surface area contributed by atoms with Crippen LogP contribution in [-0.4, -0.2) is 48.2 Å². The Morgan fingerprint density at radius 3 is 2.12 bits per heavy atom. The molecule has 0 aromatic carbocycles. The lowest BCUT2D eigenvalue weighted by Crippen LogP contribution is -2.43. The van der Waals surface area contributed by atoms with Gasteiger partial charge in [-0.2, -0.15) is 0 Å². The number of amides is 2. The predicted molar refractivity (Wildman–Crippen MR) is 137 cm³/mol. The molecule has 0 saturated heterocycles. The van der Waals surface area contributed by atoms with Crippen LogP contribution in [0.5, 0.6) is 0 Å². The third-order valence-electron chi connectivity index (χ3n) is 5.89. The minimum Gasteiger partial charge on any atom is -0.376 e. The highest BCUT2D eigenvalue weighted by atomic mass is 16.5. The minimum atomic E-state index is -0.506. The molecular weight excluding hydrogens is 432 g/mol. The number of rotatable bonds is 20. The molecular formula is C27H50N2O5. The fourth-order valence-corrected chi connectivity index (χ4v) is 3.42. The Kier molecular flexibility index (Phi) is 16.7. The third-order valence-corrected chi connectivity index (χ3v) is 5.89. The third kappa shape index (κ3) is 16.8. The van der Waals surface area contributed by atoms with Crippen molar-refractivity contribution in [3.8, 4) is 0 Å². The molecule has 0 aromatic rings. The fraction of sp³-hybridized carbons (Fsp3) is 0.852. The van der Waals surface area contributed by atoms with Crippen LogP contribution in [0.4, 0.5) is 0 Å². The molecule has 7 heteroatoms. The van der Waals surface area contributed by atoms with E-state index in [1.807, 2.05) is 34.6 Å². The number of hydrogen-bond acceptors (Lipinski definition) is 5. The first-order chi connectivity index (χ1) is 15.9. The minimum absolute atomic E-state index is 0.0328. The molecule has 198 valence electrons. The molecule has 7 nitrogen and oxygen atoms in total. The van der Waals surface area contributed by atoms with Gasteiger partial charge in [0, 0.05) is 44.8 Å². The first-order valence-electron chi connectivity index (χ1n) is 13.1. The van der Waals surface area contributed by atoms with Gasteiger partial charge in [-0.25, -0.2) is 0 Å². The maximum absolute atomic E-state index is 12.6. The van der Waals surface area contributed by atoms with Gasteiger partial charge >= 0.3 is 0 Å². The summed E-state index contributed by atoms with van der Waals surface area (Å²) in [6.45, 7) is 15.0. The van der Waals surface area contributed by atoms with E-state index in [4.69, 9.17) is 4.74 Å². The van der Waals surface area contributed by atoms with Crippen molar-refractivity contribution in [3.63, 3.8) is 0 Å². The Hall–Kier alpha value is -1.76. The smallest absolute Gasteiger partial charge is 0.220 e. The Balaban J connectivity index is 4.38. The van der Waals surface area contributed by atoms with Crippen LogP contribution in [0.1, 0.15) is 113 Å². The summed E-state index contributed by atoms with van der Waals surface area (Å²) >= 11 is 0. The summed E-state index contributed by atoms with van der Waals surface area (Å²) in [5.74, 6) is 0.446. The van der Waals surface area contributed by atoms with Crippen molar-refractivity contribution in [2.45, 2.75) is 124 Å². The van der Waals surface area contributed by atoms with Gasteiger partial charge in [-0.15, -0.1) is 0 Å². The lowest BCUT2D eigenvalue weighted by atomic mass is 9.96. The SMILES string of the molecule is CCC(=O)CCCC(=O)NCCCCC(NC(=O)CCC(C)(C)OCCC(C)C)C(=O)C(C)C. The number of unbranched alkanes of at least 4 members (excludes halogenated alkanes) is 1. The number of Topliss-reactive ketones (excluding diaryl/α,β-unsaturated/α-hetero) is 2. The number of ketones is 2. The fourth-order valence-electron chi connectivity index (χ4n) is 3.42. The zero-order chi connectivity index (χ0) is 26.1. The van der Waals surface area contributed by atoms with Gasteiger partial charge < -0.3 is 15.4 Å². The second-order valence-electron chi connectivity index (χ2n) is 10.6. The van der Waals surface area contributed by atoms with Gasteiger partial charge in [-0.1, -0.05) is 34.6 Å². The summed E-state index contributed by atoms with van der Waals surface area (Å²) in [5, 5.41) is 5.79. The molecule has 0 aliphatic rings. The van der Waals surface area contributed by atoms with Crippen LogP contribution in [0.2, 0.25) is 0 Å².